The molecule has 4 atom stereocenters. The quantitative estimate of drug-likeness (QED) is 0.678. The molecule has 1 heterocycles. The highest BCUT2D eigenvalue weighted by atomic mass is 16.6. The van der Waals surface area contributed by atoms with E-state index in [0.717, 1.165) is 24.2 Å². The van der Waals surface area contributed by atoms with E-state index in [1.165, 1.54) is 12.8 Å². The third-order valence-corrected chi connectivity index (χ3v) is 8.04. The first-order valence-corrected chi connectivity index (χ1v) is 12.1. The van der Waals surface area contributed by atoms with Crippen LogP contribution < -0.4 is 4.74 Å². The number of carbonyl (C=O) groups is 2. The molecule has 1 N–H and O–H groups in total. The number of phenols is 1. The summed E-state index contributed by atoms with van der Waals surface area (Å²) in [5, 5.41) is 10.5. The van der Waals surface area contributed by atoms with Crippen LogP contribution in [0, 0.1) is 5.92 Å². The molecule has 6 nitrogen and oxygen atoms in total. The van der Waals surface area contributed by atoms with Crippen molar-refractivity contribution in [1.29, 1.82) is 0 Å². The highest BCUT2D eigenvalue weighted by molar-refractivity contribution is 5.91. The number of ether oxygens (including phenoxy) is 2. The molecule has 3 unspecified atom stereocenters. The van der Waals surface area contributed by atoms with Gasteiger partial charge in [0.2, 0.25) is 0 Å². The van der Waals surface area contributed by atoms with Crippen LogP contribution in [0.15, 0.2) is 42.5 Å². The van der Waals surface area contributed by atoms with E-state index in [9.17, 15) is 14.7 Å². The number of Topliss-reactive ketones (excluding diaryl/α,β-unsaturated/α-hetero) is 1. The normalized spacial score (nSPS) is 29.5. The molecule has 2 aromatic rings. The highest BCUT2D eigenvalue weighted by Crippen LogP contribution is 2.59. The summed E-state index contributed by atoms with van der Waals surface area (Å²) in [5.74, 6) is 0.358. The summed E-state index contributed by atoms with van der Waals surface area (Å²) < 4.78 is 12.6. The standard InChI is InChI=1S/C27H29NO5/c1-2-28(15-16-8-9-16)21-14-18-10-11-19(29)24-22(18)23-25(32-24)20(30)12-13-27(21,23)33-26(31)17-6-4-3-5-7-17/h3-7,10-11,16,21,23,25,29H,2,8-9,12-15H2,1H3/t21-,23?,25?,27?/m1/s1. The maximum absolute atomic E-state index is 13.4. The first kappa shape index (κ1) is 20.7. The van der Waals surface area contributed by atoms with Gasteiger partial charge in [0.15, 0.2) is 23.4 Å². The smallest absolute Gasteiger partial charge is 0.338 e. The topological polar surface area (TPSA) is 76.1 Å². The van der Waals surface area contributed by atoms with Crippen LogP contribution in [-0.4, -0.2) is 52.6 Å². The molecule has 6 rings (SSSR count). The number of nitrogens with zero attached hydrogens (tertiary/aromatic N) is 1. The van der Waals surface area contributed by atoms with E-state index in [0.29, 0.717) is 36.5 Å². The highest BCUT2D eigenvalue weighted by Gasteiger charge is 2.65. The number of aromatic hydroxyl groups is 1. The van der Waals surface area contributed by atoms with Crippen LogP contribution in [0.5, 0.6) is 11.5 Å². The largest absolute Gasteiger partial charge is 0.504 e. The number of likely N-dealkylation sites (N-methyl/N-ethyl adjacent to an activating group) is 1. The second kappa shape index (κ2) is 7.59. The van der Waals surface area contributed by atoms with Crippen molar-refractivity contribution in [3.63, 3.8) is 0 Å². The molecule has 2 aromatic carbocycles. The summed E-state index contributed by atoms with van der Waals surface area (Å²) in [6, 6.07) is 12.6. The predicted octanol–water partition coefficient (Wildman–Crippen LogP) is 3.85. The monoisotopic (exact) mass is 447 g/mol. The van der Waals surface area contributed by atoms with E-state index in [1.54, 1.807) is 18.2 Å². The number of esters is 1. The zero-order chi connectivity index (χ0) is 22.7. The fourth-order valence-corrected chi connectivity index (χ4v) is 6.28. The summed E-state index contributed by atoms with van der Waals surface area (Å²) in [7, 11) is 0. The first-order chi connectivity index (χ1) is 16.0. The molecule has 172 valence electrons. The summed E-state index contributed by atoms with van der Waals surface area (Å²) >= 11 is 0. The number of phenolic OH excluding ortho intramolecular Hbond substituents is 1. The van der Waals surface area contributed by atoms with Crippen molar-refractivity contribution < 1.29 is 24.2 Å². The second-order valence-electron chi connectivity index (χ2n) is 9.93. The minimum atomic E-state index is -0.886. The van der Waals surface area contributed by atoms with Gasteiger partial charge < -0.3 is 14.6 Å². The third-order valence-electron chi connectivity index (χ3n) is 8.04. The Hall–Kier alpha value is -2.86. The number of hydrogen-bond acceptors (Lipinski definition) is 6. The van der Waals surface area contributed by atoms with Gasteiger partial charge in [0.25, 0.3) is 0 Å². The minimum absolute atomic E-state index is 0.0128. The lowest BCUT2D eigenvalue weighted by Crippen LogP contribution is -2.65. The van der Waals surface area contributed by atoms with Crippen molar-refractivity contribution in [1.82, 2.24) is 4.90 Å². The van der Waals surface area contributed by atoms with Gasteiger partial charge in [-0.05, 0) is 61.9 Å². The molecule has 2 saturated carbocycles. The fraction of sp³-hybridized carbons (Fsp3) is 0.481. The van der Waals surface area contributed by atoms with Crippen LogP contribution in [0.25, 0.3) is 0 Å². The van der Waals surface area contributed by atoms with Gasteiger partial charge in [-0.15, -0.1) is 0 Å². The maximum Gasteiger partial charge on any atom is 0.338 e. The van der Waals surface area contributed by atoms with Crippen molar-refractivity contribution in [3.8, 4) is 11.5 Å². The Morgan fingerprint density at radius 1 is 1.21 bits per heavy atom. The van der Waals surface area contributed by atoms with Gasteiger partial charge >= 0.3 is 5.97 Å². The Morgan fingerprint density at radius 3 is 2.73 bits per heavy atom. The Kier molecular flexibility index (Phi) is 4.77. The number of ketones is 1. The maximum atomic E-state index is 13.4. The Bertz CT molecular complexity index is 1110. The molecule has 0 aromatic heterocycles. The van der Waals surface area contributed by atoms with E-state index in [4.69, 9.17) is 9.47 Å². The zero-order valence-electron chi connectivity index (χ0n) is 18.8. The van der Waals surface area contributed by atoms with Crippen LogP contribution >= 0.6 is 0 Å². The minimum Gasteiger partial charge on any atom is -0.504 e. The van der Waals surface area contributed by atoms with Crippen LogP contribution in [0.4, 0.5) is 0 Å². The van der Waals surface area contributed by atoms with E-state index in [1.807, 2.05) is 24.3 Å². The number of rotatable bonds is 6. The van der Waals surface area contributed by atoms with Crippen LogP contribution in [0.3, 0.4) is 0 Å². The SMILES string of the molecule is CCN(CC1CC1)[C@@H]1Cc2ccc(O)c3c2C2C(O3)C(=O)CCC21OC(=O)c1ccccc1. The van der Waals surface area contributed by atoms with E-state index in [2.05, 4.69) is 11.8 Å². The summed E-state index contributed by atoms with van der Waals surface area (Å²) in [4.78, 5) is 28.9. The molecule has 4 aliphatic rings. The Labute approximate surface area is 193 Å². The summed E-state index contributed by atoms with van der Waals surface area (Å²) in [6.45, 7) is 3.97. The second-order valence-corrected chi connectivity index (χ2v) is 9.93. The van der Waals surface area contributed by atoms with Gasteiger partial charge in [-0.3, -0.25) is 9.69 Å². The van der Waals surface area contributed by atoms with Gasteiger partial charge in [-0.25, -0.2) is 4.79 Å². The van der Waals surface area contributed by atoms with Gasteiger partial charge in [0, 0.05) is 18.5 Å². The predicted molar refractivity (Wildman–Crippen MR) is 122 cm³/mol. The summed E-state index contributed by atoms with van der Waals surface area (Å²) in [5.41, 5.74) is 1.55. The molecule has 6 heteroatoms. The van der Waals surface area contributed by atoms with Crippen molar-refractivity contribution in [3.05, 3.63) is 59.2 Å². The molecule has 33 heavy (non-hydrogen) atoms. The van der Waals surface area contributed by atoms with Crippen molar-refractivity contribution in [2.24, 2.45) is 5.92 Å². The van der Waals surface area contributed by atoms with E-state index < -0.39 is 17.6 Å². The molecule has 0 bridgehead atoms. The molecule has 0 radical (unpaired) electrons. The molecule has 2 fully saturated rings. The molecule has 1 aliphatic heterocycles. The molecular weight excluding hydrogens is 418 g/mol. The average Bonchev–Trinajstić information content (AvgIpc) is 3.55. The van der Waals surface area contributed by atoms with Gasteiger partial charge in [0.05, 0.1) is 17.5 Å². The van der Waals surface area contributed by atoms with Gasteiger partial charge in [-0.1, -0.05) is 31.2 Å². The molecule has 0 amide bonds. The number of benzene rings is 2. The van der Waals surface area contributed by atoms with Crippen molar-refractivity contribution in [2.75, 3.05) is 13.1 Å². The Morgan fingerprint density at radius 2 is 2.00 bits per heavy atom. The summed E-state index contributed by atoms with van der Waals surface area (Å²) in [6.07, 6.45) is 3.21. The first-order valence-electron chi connectivity index (χ1n) is 12.1. The van der Waals surface area contributed by atoms with Gasteiger partial charge in [0.1, 0.15) is 5.60 Å². The molecule has 0 saturated heterocycles. The fourth-order valence-electron chi connectivity index (χ4n) is 6.28. The zero-order valence-corrected chi connectivity index (χ0v) is 18.8. The molecule has 3 aliphatic carbocycles. The van der Waals surface area contributed by atoms with Gasteiger partial charge in [-0.2, -0.15) is 0 Å². The van der Waals surface area contributed by atoms with Crippen molar-refractivity contribution >= 4 is 11.8 Å². The lowest BCUT2D eigenvalue weighted by molar-refractivity contribution is -0.149. The Balaban J connectivity index is 1.50. The molecule has 0 spiro atoms. The van der Waals surface area contributed by atoms with Crippen LogP contribution in [0.2, 0.25) is 0 Å². The number of carbonyl (C=O) groups excluding carboxylic acids is 2. The molecular formula is C27H29NO5. The third kappa shape index (κ3) is 3.18. The average molecular weight is 448 g/mol. The number of hydrogen-bond donors (Lipinski definition) is 1. The van der Waals surface area contributed by atoms with E-state index in [-0.39, 0.29) is 23.5 Å². The van der Waals surface area contributed by atoms with Crippen LogP contribution in [0.1, 0.15) is 60.0 Å². The van der Waals surface area contributed by atoms with E-state index >= 15 is 0 Å². The van der Waals surface area contributed by atoms with Crippen LogP contribution in [-0.2, 0) is 16.0 Å². The lowest BCUT2D eigenvalue weighted by Gasteiger charge is -2.53. The van der Waals surface area contributed by atoms with Crippen molar-refractivity contribution in [2.45, 2.75) is 62.7 Å². The lowest BCUT2D eigenvalue weighted by atomic mass is 9.61.